The summed E-state index contributed by atoms with van der Waals surface area (Å²) in [7, 11) is 0. The van der Waals surface area contributed by atoms with E-state index in [-0.39, 0.29) is 23.7 Å². The zero-order valence-corrected chi connectivity index (χ0v) is 18.6. The van der Waals surface area contributed by atoms with Gasteiger partial charge < -0.3 is 10.6 Å². The quantitative estimate of drug-likeness (QED) is 0.604. The highest BCUT2D eigenvalue weighted by atomic mass is 16.2. The zero-order valence-electron chi connectivity index (χ0n) is 18.6. The molecule has 32 heavy (non-hydrogen) atoms. The third-order valence-corrected chi connectivity index (χ3v) is 8.58. The van der Waals surface area contributed by atoms with Crippen molar-refractivity contribution >= 4 is 23.2 Å². The Bertz CT molecular complexity index is 940. The van der Waals surface area contributed by atoms with E-state index in [1.807, 2.05) is 48.5 Å². The van der Waals surface area contributed by atoms with Crippen LogP contribution in [0.1, 0.15) is 51.4 Å². The SMILES string of the molecule is O=C(Nc1ccccc1-c1ccccc1NC(=O)C1[C@H]2CCCC[C@@H]12)C1[C@H]2CCCC[C@H]12. The van der Waals surface area contributed by atoms with E-state index in [1.165, 1.54) is 51.4 Å². The molecule has 166 valence electrons. The second-order valence-corrected chi connectivity index (χ2v) is 10.3. The van der Waals surface area contributed by atoms with Gasteiger partial charge in [-0.25, -0.2) is 0 Å². The first-order chi connectivity index (χ1) is 15.7. The highest BCUT2D eigenvalue weighted by molar-refractivity contribution is 6.02. The largest absolute Gasteiger partial charge is 0.325 e. The molecule has 4 heteroatoms. The first kappa shape index (κ1) is 20.0. The van der Waals surface area contributed by atoms with Gasteiger partial charge in [-0.1, -0.05) is 62.1 Å². The minimum atomic E-state index is 0.165. The number of benzene rings is 2. The van der Waals surface area contributed by atoms with Gasteiger partial charge in [-0.15, -0.1) is 0 Å². The van der Waals surface area contributed by atoms with Gasteiger partial charge in [0.2, 0.25) is 11.8 Å². The number of hydrogen-bond acceptors (Lipinski definition) is 2. The van der Waals surface area contributed by atoms with E-state index < -0.39 is 0 Å². The molecule has 4 saturated carbocycles. The monoisotopic (exact) mass is 428 g/mol. The molecule has 6 rings (SSSR count). The molecule has 4 aliphatic carbocycles. The maximum atomic E-state index is 13.0. The fourth-order valence-electron chi connectivity index (χ4n) is 6.85. The molecule has 4 nitrogen and oxygen atoms in total. The van der Waals surface area contributed by atoms with E-state index in [9.17, 15) is 9.59 Å². The zero-order chi connectivity index (χ0) is 21.7. The molecule has 2 amide bonds. The molecule has 2 aromatic rings. The smallest absolute Gasteiger partial charge is 0.228 e. The van der Waals surface area contributed by atoms with Crippen LogP contribution in [0.2, 0.25) is 0 Å². The first-order valence-electron chi connectivity index (χ1n) is 12.5. The minimum Gasteiger partial charge on any atom is -0.325 e. The van der Waals surface area contributed by atoms with Crippen LogP contribution < -0.4 is 10.6 Å². The molecule has 4 aliphatic rings. The summed E-state index contributed by atoms with van der Waals surface area (Å²) in [4.78, 5) is 26.1. The van der Waals surface area contributed by atoms with Crippen molar-refractivity contribution in [1.29, 1.82) is 0 Å². The van der Waals surface area contributed by atoms with Crippen LogP contribution in [0.3, 0.4) is 0 Å². The minimum absolute atomic E-state index is 0.165. The van der Waals surface area contributed by atoms with Crippen LogP contribution in [-0.2, 0) is 9.59 Å². The molecule has 5 atom stereocenters. The highest BCUT2D eigenvalue weighted by Gasteiger charge is 2.55. The van der Waals surface area contributed by atoms with Crippen LogP contribution in [0.4, 0.5) is 11.4 Å². The number of fused-ring (bicyclic) bond motifs is 2. The Labute approximate surface area is 190 Å². The number of carbonyl (C=O) groups is 2. The number of para-hydroxylation sites is 2. The normalized spacial score (nSPS) is 32.2. The molecular formula is C28H32N2O2. The van der Waals surface area contributed by atoms with Crippen molar-refractivity contribution in [1.82, 2.24) is 0 Å². The summed E-state index contributed by atoms with van der Waals surface area (Å²) < 4.78 is 0. The lowest BCUT2D eigenvalue weighted by Gasteiger charge is -2.15. The van der Waals surface area contributed by atoms with Gasteiger partial charge in [-0.2, -0.15) is 0 Å². The molecular weight excluding hydrogens is 396 g/mol. The Kier molecular flexibility index (Phi) is 5.04. The van der Waals surface area contributed by atoms with Crippen LogP contribution in [0.15, 0.2) is 48.5 Å². The van der Waals surface area contributed by atoms with E-state index >= 15 is 0 Å². The Morgan fingerprint density at radius 3 is 1.28 bits per heavy atom. The summed E-state index contributed by atoms with van der Waals surface area (Å²) in [6.45, 7) is 0. The maximum Gasteiger partial charge on any atom is 0.228 e. The van der Waals surface area contributed by atoms with Crippen LogP contribution in [0, 0.1) is 35.5 Å². The van der Waals surface area contributed by atoms with Gasteiger partial charge in [-0.05, 0) is 61.5 Å². The highest BCUT2D eigenvalue weighted by Crippen LogP contribution is 2.56. The van der Waals surface area contributed by atoms with Crippen molar-refractivity contribution in [3.63, 3.8) is 0 Å². The fourth-order valence-corrected chi connectivity index (χ4v) is 6.85. The fraction of sp³-hybridized carbons (Fsp3) is 0.500. The van der Waals surface area contributed by atoms with Crippen molar-refractivity contribution < 1.29 is 9.59 Å². The Balaban J connectivity index is 1.22. The van der Waals surface area contributed by atoms with Gasteiger partial charge in [0, 0.05) is 34.3 Å². The molecule has 0 aliphatic heterocycles. The number of anilines is 2. The number of nitrogens with one attached hydrogen (secondary N) is 2. The summed E-state index contributed by atoms with van der Waals surface area (Å²) in [5.74, 6) is 3.04. The van der Waals surface area contributed by atoms with Crippen molar-refractivity contribution in [2.24, 2.45) is 35.5 Å². The second-order valence-electron chi connectivity index (χ2n) is 10.3. The maximum absolute atomic E-state index is 13.0. The van der Waals surface area contributed by atoms with E-state index in [0.29, 0.717) is 23.7 Å². The molecule has 2 aromatic carbocycles. The molecule has 0 bridgehead atoms. The van der Waals surface area contributed by atoms with Crippen LogP contribution in [-0.4, -0.2) is 11.8 Å². The van der Waals surface area contributed by atoms with Gasteiger partial charge in [0.1, 0.15) is 0 Å². The Morgan fingerprint density at radius 2 is 0.906 bits per heavy atom. The Morgan fingerprint density at radius 1 is 0.562 bits per heavy atom. The van der Waals surface area contributed by atoms with Crippen LogP contribution >= 0.6 is 0 Å². The topological polar surface area (TPSA) is 58.2 Å². The second kappa shape index (κ2) is 8.06. The summed E-state index contributed by atoms with van der Waals surface area (Å²) in [5.41, 5.74) is 3.60. The molecule has 0 heterocycles. The van der Waals surface area contributed by atoms with Gasteiger partial charge in [0.05, 0.1) is 0 Å². The van der Waals surface area contributed by atoms with E-state index in [0.717, 1.165) is 22.5 Å². The third kappa shape index (κ3) is 3.54. The van der Waals surface area contributed by atoms with Crippen LogP contribution in [0.25, 0.3) is 11.1 Å². The number of rotatable bonds is 5. The molecule has 0 spiro atoms. The van der Waals surface area contributed by atoms with Crippen LogP contribution in [0.5, 0.6) is 0 Å². The van der Waals surface area contributed by atoms with E-state index in [1.54, 1.807) is 0 Å². The summed E-state index contributed by atoms with van der Waals surface area (Å²) in [6, 6.07) is 16.0. The average molecular weight is 429 g/mol. The predicted molar refractivity (Wildman–Crippen MR) is 127 cm³/mol. The predicted octanol–water partition coefficient (Wildman–Crippen LogP) is 6.10. The first-order valence-corrected chi connectivity index (χ1v) is 12.5. The lowest BCUT2D eigenvalue weighted by Crippen LogP contribution is -2.17. The van der Waals surface area contributed by atoms with Crippen molar-refractivity contribution in [3.8, 4) is 11.1 Å². The van der Waals surface area contributed by atoms with E-state index in [4.69, 9.17) is 0 Å². The molecule has 0 aromatic heterocycles. The molecule has 1 unspecified atom stereocenters. The van der Waals surface area contributed by atoms with Gasteiger partial charge in [-0.3, -0.25) is 9.59 Å². The van der Waals surface area contributed by atoms with Gasteiger partial charge in [0.15, 0.2) is 0 Å². The number of hydrogen-bond donors (Lipinski definition) is 2. The van der Waals surface area contributed by atoms with Crippen molar-refractivity contribution in [2.45, 2.75) is 51.4 Å². The average Bonchev–Trinajstić information content (AvgIpc) is 3.72. The third-order valence-electron chi connectivity index (χ3n) is 8.58. The molecule has 0 radical (unpaired) electrons. The molecule has 4 fully saturated rings. The summed E-state index contributed by atoms with van der Waals surface area (Å²) >= 11 is 0. The number of amides is 2. The summed E-state index contributed by atoms with van der Waals surface area (Å²) in [5, 5.41) is 6.46. The van der Waals surface area contributed by atoms with E-state index in [2.05, 4.69) is 10.6 Å². The molecule has 2 N–H and O–H groups in total. The lowest BCUT2D eigenvalue weighted by atomic mass is 10.0. The standard InChI is InChI=1S/C28H32N2O2/c31-27(25-19-11-1-2-12-20(19)25)29-23-15-7-5-9-17(23)18-10-6-8-16-24(18)30-28(32)26-21-13-3-4-14-22(21)26/h5-10,15-16,19-22,25-26H,1-4,11-14H2,(H,29,31)(H,30,32)/t19-,20-,21-,22+,26?/m0/s1. The van der Waals surface area contributed by atoms with Gasteiger partial charge in [0.25, 0.3) is 0 Å². The lowest BCUT2D eigenvalue weighted by molar-refractivity contribution is -0.118. The Hall–Kier alpha value is -2.62. The van der Waals surface area contributed by atoms with Crippen molar-refractivity contribution in [2.75, 3.05) is 10.6 Å². The molecule has 0 saturated heterocycles. The number of carbonyl (C=O) groups excluding carboxylic acids is 2. The van der Waals surface area contributed by atoms with Crippen molar-refractivity contribution in [3.05, 3.63) is 48.5 Å². The van der Waals surface area contributed by atoms with Gasteiger partial charge >= 0.3 is 0 Å². The summed E-state index contributed by atoms with van der Waals surface area (Å²) in [6.07, 6.45) is 9.83.